The van der Waals surface area contributed by atoms with Gasteiger partial charge in [-0.05, 0) is 56.2 Å². The maximum absolute atomic E-state index is 5.93. The van der Waals surface area contributed by atoms with Crippen molar-refractivity contribution in [3.63, 3.8) is 0 Å². The zero-order valence-electron chi connectivity index (χ0n) is 12.0. The lowest BCUT2D eigenvalue weighted by atomic mass is 10.1. The Hall–Kier alpha value is -2.29. The molecule has 0 saturated heterocycles. The molecule has 3 nitrogen and oxygen atoms in total. The fourth-order valence-electron chi connectivity index (χ4n) is 2.47. The first-order valence-electron chi connectivity index (χ1n) is 6.89. The average Bonchev–Trinajstić information content (AvgIpc) is 2.83. The molecule has 0 aliphatic heterocycles. The minimum atomic E-state index is 0.674. The molecule has 0 amide bonds. The average molecular weight is 266 g/mol. The van der Waals surface area contributed by atoms with Gasteiger partial charge in [-0.3, -0.25) is 0 Å². The fraction of sp³-hybridized carbons (Fsp3) is 0.235. The molecule has 3 aromatic rings. The molecule has 0 fully saturated rings. The van der Waals surface area contributed by atoms with E-state index in [2.05, 4.69) is 49.3 Å². The van der Waals surface area contributed by atoms with Crippen LogP contribution in [0.25, 0.3) is 22.6 Å². The summed E-state index contributed by atoms with van der Waals surface area (Å²) in [5.41, 5.74) is 6.21. The second-order valence-corrected chi connectivity index (χ2v) is 5.06. The third kappa shape index (κ3) is 2.27. The van der Waals surface area contributed by atoms with Gasteiger partial charge in [-0.25, -0.2) is 4.98 Å². The molecule has 0 aliphatic rings. The summed E-state index contributed by atoms with van der Waals surface area (Å²) < 4.78 is 5.93. The van der Waals surface area contributed by atoms with Crippen molar-refractivity contribution in [2.24, 2.45) is 0 Å². The summed E-state index contributed by atoms with van der Waals surface area (Å²) in [6, 6.07) is 12.3. The topological polar surface area (TPSA) is 38.1 Å². The molecule has 0 aliphatic carbocycles. The zero-order chi connectivity index (χ0) is 14.1. The third-order valence-corrected chi connectivity index (χ3v) is 3.31. The minimum Gasteiger partial charge on any atom is -0.436 e. The number of hydrogen-bond donors (Lipinski definition) is 1. The predicted molar refractivity (Wildman–Crippen MR) is 83.1 cm³/mol. The van der Waals surface area contributed by atoms with Crippen LogP contribution in [-0.2, 0) is 0 Å². The Morgan fingerprint density at radius 3 is 2.80 bits per heavy atom. The molecule has 3 rings (SSSR count). The first-order valence-corrected chi connectivity index (χ1v) is 6.89. The van der Waals surface area contributed by atoms with Crippen LogP contribution in [0, 0.1) is 13.8 Å². The van der Waals surface area contributed by atoms with Gasteiger partial charge in [-0.2, -0.15) is 0 Å². The van der Waals surface area contributed by atoms with Crippen molar-refractivity contribution >= 4 is 16.8 Å². The van der Waals surface area contributed by atoms with Crippen LogP contribution in [-0.4, -0.2) is 11.5 Å². The first kappa shape index (κ1) is 12.7. The quantitative estimate of drug-likeness (QED) is 0.756. The van der Waals surface area contributed by atoms with Gasteiger partial charge < -0.3 is 9.73 Å². The summed E-state index contributed by atoms with van der Waals surface area (Å²) in [6.45, 7) is 7.11. The lowest BCUT2D eigenvalue weighted by Gasteiger charge is -2.03. The summed E-state index contributed by atoms with van der Waals surface area (Å²) in [7, 11) is 0. The Labute approximate surface area is 118 Å². The van der Waals surface area contributed by atoms with E-state index in [1.807, 2.05) is 18.2 Å². The second kappa shape index (κ2) is 5.00. The van der Waals surface area contributed by atoms with Crippen LogP contribution in [0.15, 0.2) is 40.8 Å². The molecule has 0 radical (unpaired) electrons. The van der Waals surface area contributed by atoms with E-state index >= 15 is 0 Å². The molecule has 1 heterocycles. The number of rotatable bonds is 3. The standard InChI is InChI=1S/C17H18N2O/c1-4-18-14-7-5-6-13(10-14)17-19-15-9-11(2)8-12(3)16(15)20-17/h5-10,18H,4H2,1-3H3. The van der Waals surface area contributed by atoms with Gasteiger partial charge in [0.05, 0.1) is 0 Å². The highest BCUT2D eigenvalue weighted by Crippen LogP contribution is 2.28. The van der Waals surface area contributed by atoms with E-state index in [1.165, 1.54) is 5.56 Å². The number of oxazole rings is 1. The number of aryl methyl sites for hydroxylation is 2. The van der Waals surface area contributed by atoms with E-state index in [0.717, 1.165) is 34.5 Å². The van der Waals surface area contributed by atoms with Gasteiger partial charge in [-0.1, -0.05) is 12.1 Å². The van der Waals surface area contributed by atoms with Gasteiger partial charge in [0.25, 0.3) is 0 Å². The van der Waals surface area contributed by atoms with Crippen LogP contribution in [0.4, 0.5) is 5.69 Å². The van der Waals surface area contributed by atoms with E-state index in [-0.39, 0.29) is 0 Å². The van der Waals surface area contributed by atoms with E-state index in [9.17, 15) is 0 Å². The van der Waals surface area contributed by atoms with Crippen LogP contribution in [0.3, 0.4) is 0 Å². The van der Waals surface area contributed by atoms with Gasteiger partial charge in [0.2, 0.25) is 5.89 Å². The Morgan fingerprint density at radius 2 is 2.00 bits per heavy atom. The van der Waals surface area contributed by atoms with Gasteiger partial charge in [-0.15, -0.1) is 0 Å². The number of fused-ring (bicyclic) bond motifs is 1. The summed E-state index contributed by atoms with van der Waals surface area (Å²) in [5, 5.41) is 3.30. The number of anilines is 1. The van der Waals surface area contributed by atoms with Crippen LogP contribution >= 0.6 is 0 Å². The normalized spacial score (nSPS) is 10.9. The van der Waals surface area contributed by atoms with Crippen molar-refractivity contribution in [2.75, 3.05) is 11.9 Å². The molecule has 0 unspecified atom stereocenters. The molecular weight excluding hydrogens is 248 g/mol. The number of nitrogens with zero attached hydrogens (tertiary/aromatic N) is 1. The van der Waals surface area contributed by atoms with Gasteiger partial charge in [0.15, 0.2) is 5.58 Å². The lowest BCUT2D eigenvalue weighted by Crippen LogP contribution is -1.95. The Kier molecular flexibility index (Phi) is 3.18. The van der Waals surface area contributed by atoms with Crippen molar-refractivity contribution in [3.05, 3.63) is 47.5 Å². The Balaban J connectivity index is 2.10. The van der Waals surface area contributed by atoms with Crippen molar-refractivity contribution in [1.29, 1.82) is 0 Å². The van der Waals surface area contributed by atoms with Crippen LogP contribution in [0.2, 0.25) is 0 Å². The van der Waals surface area contributed by atoms with Crippen molar-refractivity contribution in [1.82, 2.24) is 4.98 Å². The SMILES string of the molecule is CCNc1cccc(-c2nc3cc(C)cc(C)c3o2)c1. The number of hydrogen-bond acceptors (Lipinski definition) is 3. The molecule has 0 atom stereocenters. The molecule has 1 N–H and O–H groups in total. The summed E-state index contributed by atoms with van der Waals surface area (Å²) in [4.78, 5) is 4.61. The highest BCUT2D eigenvalue weighted by Gasteiger charge is 2.11. The van der Waals surface area contributed by atoms with Crippen LogP contribution < -0.4 is 5.32 Å². The smallest absolute Gasteiger partial charge is 0.227 e. The largest absolute Gasteiger partial charge is 0.436 e. The third-order valence-electron chi connectivity index (χ3n) is 3.31. The Morgan fingerprint density at radius 1 is 1.15 bits per heavy atom. The maximum Gasteiger partial charge on any atom is 0.227 e. The zero-order valence-corrected chi connectivity index (χ0v) is 12.0. The van der Waals surface area contributed by atoms with Gasteiger partial charge in [0, 0.05) is 17.8 Å². The number of benzene rings is 2. The van der Waals surface area contributed by atoms with Crippen LogP contribution in [0.5, 0.6) is 0 Å². The summed E-state index contributed by atoms with van der Waals surface area (Å²) in [5.74, 6) is 0.674. The highest BCUT2D eigenvalue weighted by atomic mass is 16.3. The van der Waals surface area contributed by atoms with Gasteiger partial charge in [0.1, 0.15) is 5.52 Å². The highest BCUT2D eigenvalue weighted by molar-refractivity contribution is 5.80. The monoisotopic (exact) mass is 266 g/mol. The van der Waals surface area contributed by atoms with E-state index in [0.29, 0.717) is 5.89 Å². The molecule has 0 spiro atoms. The molecular formula is C17H18N2O. The van der Waals surface area contributed by atoms with Crippen molar-refractivity contribution < 1.29 is 4.42 Å². The maximum atomic E-state index is 5.93. The summed E-state index contributed by atoms with van der Waals surface area (Å²) in [6.07, 6.45) is 0. The molecule has 102 valence electrons. The molecule has 0 bridgehead atoms. The van der Waals surface area contributed by atoms with E-state index in [1.54, 1.807) is 0 Å². The minimum absolute atomic E-state index is 0.674. The molecule has 20 heavy (non-hydrogen) atoms. The second-order valence-electron chi connectivity index (χ2n) is 5.06. The molecule has 0 saturated carbocycles. The van der Waals surface area contributed by atoms with Crippen molar-refractivity contribution in [3.8, 4) is 11.5 Å². The van der Waals surface area contributed by atoms with Gasteiger partial charge >= 0.3 is 0 Å². The molecule has 3 heteroatoms. The number of nitrogens with one attached hydrogen (secondary N) is 1. The van der Waals surface area contributed by atoms with E-state index in [4.69, 9.17) is 4.42 Å². The van der Waals surface area contributed by atoms with E-state index < -0.39 is 0 Å². The Bertz CT molecular complexity index is 759. The van der Waals surface area contributed by atoms with Crippen LogP contribution in [0.1, 0.15) is 18.1 Å². The summed E-state index contributed by atoms with van der Waals surface area (Å²) >= 11 is 0. The van der Waals surface area contributed by atoms with Crippen molar-refractivity contribution in [2.45, 2.75) is 20.8 Å². The predicted octanol–water partition coefficient (Wildman–Crippen LogP) is 4.54. The number of aromatic nitrogens is 1. The first-order chi connectivity index (χ1) is 9.67. The fourth-order valence-corrected chi connectivity index (χ4v) is 2.47. The molecule has 2 aromatic carbocycles. The molecule has 1 aromatic heterocycles. The lowest BCUT2D eigenvalue weighted by molar-refractivity contribution is 0.617.